The van der Waals surface area contributed by atoms with E-state index in [1.165, 1.54) is 12.3 Å². The molecule has 4 rings (SSSR count). The molecule has 0 amide bonds. The first-order valence-electron chi connectivity index (χ1n) is 9.50. The first-order chi connectivity index (χ1) is 14.1. The van der Waals surface area contributed by atoms with Crippen LogP contribution in [0.25, 0.3) is 11.1 Å². The van der Waals surface area contributed by atoms with Gasteiger partial charge >= 0.3 is 0 Å². The molecule has 7 heteroatoms. The molecule has 0 bridgehead atoms. The number of nitriles is 1. The zero-order valence-electron chi connectivity index (χ0n) is 16.5. The number of hydrogen-bond acceptors (Lipinski definition) is 5. The van der Waals surface area contributed by atoms with Gasteiger partial charge in [0.1, 0.15) is 11.7 Å². The lowest BCUT2D eigenvalue weighted by Crippen LogP contribution is -2.44. The largest absolute Gasteiger partial charge is 0.372 e. The van der Waals surface area contributed by atoms with Crippen LogP contribution in [0.5, 0.6) is 0 Å². The monoisotopic (exact) mass is 391 g/mol. The molecule has 0 N–H and O–H groups in total. The first kappa shape index (κ1) is 19.1. The van der Waals surface area contributed by atoms with Crippen LogP contribution >= 0.6 is 0 Å². The van der Waals surface area contributed by atoms with Gasteiger partial charge < -0.3 is 14.2 Å². The fourth-order valence-electron chi connectivity index (χ4n) is 4.05. The topological polar surface area (TPSA) is 67.0 Å². The summed E-state index contributed by atoms with van der Waals surface area (Å²) in [5.74, 6) is -0.523. The van der Waals surface area contributed by atoms with Gasteiger partial charge in [0.15, 0.2) is 0 Å². The summed E-state index contributed by atoms with van der Waals surface area (Å²) in [6.45, 7) is 1.43. The minimum Gasteiger partial charge on any atom is -0.372 e. The van der Waals surface area contributed by atoms with Crippen molar-refractivity contribution in [3.63, 3.8) is 0 Å². The van der Waals surface area contributed by atoms with Gasteiger partial charge in [-0.3, -0.25) is 0 Å². The van der Waals surface area contributed by atoms with Crippen molar-refractivity contribution in [2.75, 3.05) is 25.1 Å². The number of pyridine rings is 1. The number of ether oxygens (including phenoxy) is 1. The molecule has 3 heterocycles. The summed E-state index contributed by atoms with van der Waals surface area (Å²) in [5.41, 5.74) is 3.60. The maximum absolute atomic E-state index is 13.3. The molecular formula is C22H22FN5O. The van der Waals surface area contributed by atoms with Gasteiger partial charge in [0.05, 0.1) is 23.3 Å². The van der Waals surface area contributed by atoms with E-state index in [0.717, 1.165) is 35.3 Å². The third-order valence-corrected chi connectivity index (χ3v) is 5.64. The smallest absolute Gasteiger partial charge is 0.212 e. The normalized spacial score (nSPS) is 15.9. The van der Waals surface area contributed by atoms with Crippen molar-refractivity contribution in [3.8, 4) is 17.2 Å². The van der Waals surface area contributed by atoms with Crippen molar-refractivity contribution in [3.05, 3.63) is 66.3 Å². The number of imidazole rings is 1. The highest BCUT2D eigenvalue weighted by atomic mass is 19.1. The summed E-state index contributed by atoms with van der Waals surface area (Å²) in [7, 11) is 3.67. The van der Waals surface area contributed by atoms with Crippen molar-refractivity contribution in [2.24, 2.45) is 7.05 Å². The van der Waals surface area contributed by atoms with E-state index in [-0.39, 0.29) is 0 Å². The SMILES string of the molecule is COC1(c2cn(C)cn2)CCN(c2c(C#N)cccc2-c2ccc(F)nc2)CC1. The number of hydrogen-bond donors (Lipinski definition) is 0. The zero-order valence-corrected chi connectivity index (χ0v) is 16.5. The highest BCUT2D eigenvalue weighted by Crippen LogP contribution is 2.40. The highest BCUT2D eigenvalue weighted by Gasteiger charge is 2.39. The van der Waals surface area contributed by atoms with Gasteiger partial charge in [0.25, 0.3) is 0 Å². The minimum atomic E-state index is -0.523. The molecule has 1 fully saturated rings. The maximum Gasteiger partial charge on any atom is 0.212 e. The van der Waals surface area contributed by atoms with Crippen LogP contribution in [-0.4, -0.2) is 34.7 Å². The van der Waals surface area contributed by atoms with Crippen LogP contribution in [0, 0.1) is 17.3 Å². The van der Waals surface area contributed by atoms with E-state index < -0.39 is 11.5 Å². The molecule has 2 aromatic heterocycles. The number of anilines is 1. The second-order valence-electron chi connectivity index (χ2n) is 7.29. The second-order valence-corrected chi connectivity index (χ2v) is 7.29. The van der Waals surface area contributed by atoms with Crippen molar-refractivity contribution in [2.45, 2.75) is 18.4 Å². The predicted molar refractivity (Wildman–Crippen MR) is 108 cm³/mol. The summed E-state index contributed by atoms with van der Waals surface area (Å²) in [4.78, 5) is 10.5. The molecule has 148 valence electrons. The van der Waals surface area contributed by atoms with Gasteiger partial charge in [-0.1, -0.05) is 12.1 Å². The van der Waals surface area contributed by atoms with E-state index in [1.54, 1.807) is 19.5 Å². The third-order valence-electron chi connectivity index (χ3n) is 5.64. The molecule has 0 aliphatic carbocycles. The number of rotatable bonds is 4. The Hall–Kier alpha value is -3.24. The molecule has 1 aliphatic heterocycles. The second kappa shape index (κ2) is 7.64. The van der Waals surface area contributed by atoms with Crippen molar-refractivity contribution in [1.29, 1.82) is 5.26 Å². The summed E-state index contributed by atoms with van der Waals surface area (Å²) in [6.07, 6.45) is 6.79. The van der Waals surface area contributed by atoms with Crippen LogP contribution in [0.3, 0.4) is 0 Å². The Balaban J connectivity index is 1.68. The van der Waals surface area contributed by atoms with Crippen LogP contribution in [0.15, 0.2) is 49.1 Å². The van der Waals surface area contributed by atoms with Crippen molar-refractivity contribution >= 4 is 5.69 Å². The van der Waals surface area contributed by atoms with E-state index in [2.05, 4.69) is 20.9 Å². The van der Waals surface area contributed by atoms with E-state index in [9.17, 15) is 9.65 Å². The van der Waals surface area contributed by atoms with Gasteiger partial charge in [-0.25, -0.2) is 9.97 Å². The number of nitrogens with zero attached hydrogens (tertiary/aromatic N) is 5. The summed E-state index contributed by atoms with van der Waals surface area (Å²) < 4.78 is 21.1. The number of halogens is 1. The van der Waals surface area contributed by atoms with Crippen molar-refractivity contribution < 1.29 is 9.13 Å². The molecular weight excluding hydrogens is 369 g/mol. The molecule has 0 radical (unpaired) electrons. The molecule has 0 saturated carbocycles. The molecule has 29 heavy (non-hydrogen) atoms. The van der Waals surface area contributed by atoms with Gasteiger partial charge in [-0.05, 0) is 31.0 Å². The van der Waals surface area contributed by atoms with Crippen LogP contribution in [0.4, 0.5) is 10.1 Å². The number of benzene rings is 1. The Labute approximate surface area is 169 Å². The molecule has 3 aromatic rings. The standard InChI is InChI=1S/C22H22FN5O/c1-27-14-19(26-15-27)22(29-2)8-10-28(11-9-22)21-16(12-24)4-3-5-18(21)17-6-7-20(23)25-13-17/h3-7,13-15H,8-11H2,1-2H3. The number of aromatic nitrogens is 3. The quantitative estimate of drug-likeness (QED) is 0.636. The summed E-state index contributed by atoms with van der Waals surface area (Å²) >= 11 is 0. The molecule has 6 nitrogen and oxygen atoms in total. The molecule has 0 atom stereocenters. The van der Waals surface area contributed by atoms with Gasteiger partial charge in [-0.2, -0.15) is 9.65 Å². The lowest BCUT2D eigenvalue weighted by atomic mass is 9.87. The van der Waals surface area contributed by atoms with Gasteiger partial charge in [0, 0.05) is 50.8 Å². The fourth-order valence-corrected chi connectivity index (χ4v) is 4.05. The molecule has 1 aliphatic rings. The Bertz CT molecular complexity index is 1050. The minimum absolute atomic E-state index is 0.434. The van der Waals surface area contributed by atoms with E-state index in [4.69, 9.17) is 4.74 Å². The molecule has 0 unspecified atom stereocenters. The molecule has 0 spiro atoms. The number of methoxy groups -OCH3 is 1. The summed E-state index contributed by atoms with van der Waals surface area (Å²) in [5, 5.41) is 9.70. The number of piperidine rings is 1. The lowest BCUT2D eigenvalue weighted by Gasteiger charge is -2.41. The Kier molecular flexibility index (Phi) is 5.03. The van der Waals surface area contributed by atoms with E-state index in [0.29, 0.717) is 18.7 Å². The average Bonchev–Trinajstić information content (AvgIpc) is 3.21. The Morgan fingerprint density at radius 3 is 2.55 bits per heavy atom. The maximum atomic E-state index is 13.3. The summed E-state index contributed by atoms with van der Waals surface area (Å²) in [6, 6.07) is 10.9. The number of para-hydroxylation sites is 1. The predicted octanol–water partition coefficient (Wildman–Crippen LogP) is 3.63. The van der Waals surface area contributed by atoms with Gasteiger partial charge in [0.2, 0.25) is 5.95 Å². The highest BCUT2D eigenvalue weighted by molar-refractivity contribution is 5.82. The van der Waals surface area contributed by atoms with Gasteiger partial charge in [-0.15, -0.1) is 0 Å². The zero-order chi connectivity index (χ0) is 20.4. The van der Waals surface area contributed by atoms with Crippen molar-refractivity contribution in [1.82, 2.24) is 14.5 Å². The first-order valence-corrected chi connectivity index (χ1v) is 9.50. The van der Waals surface area contributed by atoms with E-state index >= 15 is 0 Å². The number of aryl methyl sites for hydroxylation is 1. The fraction of sp³-hybridized carbons (Fsp3) is 0.318. The molecule has 1 saturated heterocycles. The van der Waals surface area contributed by atoms with E-state index in [1.807, 2.05) is 36.0 Å². The average molecular weight is 391 g/mol. The van der Waals surface area contributed by atoms with Crippen LogP contribution < -0.4 is 4.90 Å². The third kappa shape index (κ3) is 3.47. The Morgan fingerprint density at radius 1 is 1.17 bits per heavy atom. The molecule has 1 aromatic carbocycles. The van der Waals surface area contributed by atoms with Crippen LogP contribution in [-0.2, 0) is 17.4 Å². The van der Waals surface area contributed by atoms with Crippen LogP contribution in [0.1, 0.15) is 24.1 Å². The Morgan fingerprint density at radius 2 is 1.97 bits per heavy atom. The van der Waals surface area contributed by atoms with Crippen LogP contribution in [0.2, 0.25) is 0 Å². The lowest BCUT2D eigenvalue weighted by molar-refractivity contribution is -0.0378.